The molecule has 0 atom stereocenters. The zero-order chi connectivity index (χ0) is 27.2. The molecule has 2 aliphatic carbocycles. The quantitative estimate of drug-likeness (QED) is 0.524. The van der Waals surface area contributed by atoms with Crippen molar-refractivity contribution in [3.63, 3.8) is 0 Å². The summed E-state index contributed by atoms with van der Waals surface area (Å²) in [7, 11) is 0. The van der Waals surface area contributed by atoms with Crippen molar-refractivity contribution >= 4 is 23.2 Å². The normalized spacial score (nSPS) is 20.4. The van der Waals surface area contributed by atoms with Crippen LogP contribution in [0.5, 0.6) is 5.75 Å². The van der Waals surface area contributed by atoms with E-state index in [0.29, 0.717) is 48.1 Å². The van der Waals surface area contributed by atoms with E-state index >= 15 is 0 Å². The fourth-order valence-electron chi connectivity index (χ4n) is 5.94. The van der Waals surface area contributed by atoms with E-state index in [0.717, 1.165) is 11.4 Å². The van der Waals surface area contributed by atoms with Crippen molar-refractivity contribution in [1.82, 2.24) is 5.32 Å². The topological polar surface area (TPSA) is 84.5 Å². The molecular weight excluding hydrogens is 483 g/mol. The maximum absolute atomic E-state index is 14.0. The summed E-state index contributed by atoms with van der Waals surface area (Å²) < 4.78 is 19.9. The number of halogens is 1. The molecule has 6 nitrogen and oxygen atoms in total. The molecule has 1 amide bonds. The van der Waals surface area contributed by atoms with Gasteiger partial charge in [0.25, 0.3) is 5.91 Å². The minimum absolute atomic E-state index is 0.0185. The fraction of sp³-hybridized carbons (Fsp3) is 0.387. The van der Waals surface area contributed by atoms with Gasteiger partial charge in [-0.05, 0) is 41.9 Å². The molecule has 198 valence electrons. The van der Waals surface area contributed by atoms with E-state index in [4.69, 9.17) is 4.74 Å². The van der Waals surface area contributed by atoms with Gasteiger partial charge in [-0.15, -0.1) is 0 Å². The van der Waals surface area contributed by atoms with E-state index in [-0.39, 0.29) is 34.7 Å². The maximum atomic E-state index is 14.0. The number of hydrogen-bond acceptors (Lipinski definition) is 5. The largest absolute Gasteiger partial charge is 0.483 e. The van der Waals surface area contributed by atoms with Crippen LogP contribution in [0.4, 0.5) is 10.1 Å². The lowest BCUT2D eigenvalue weighted by atomic mass is 9.64. The Bertz CT molecular complexity index is 1350. The molecule has 3 aliphatic rings. The maximum Gasteiger partial charge on any atom is 0.262 e. The van der Waals surface area contributed by atoms with Gasteiger partial charge in [0.2, 0.25) is 0 Å². The minimum atomic E-state index is -0.570. The summed E-state index contributed by atoms with van der Waals surface area (Å²) in [5.74, 6) is -1.17. The standard InChI is InChI=1S/C31H33FN2O4/c1-30(2)13-21-28(23(35)15-30)27(29-22(33-21)14-31(3,4)16-24(29)36)18-9-5-8-12-25(18)38-17-26(37)34-20-11-7-6-10-19(20)32/h5-12,27,33H,13-17H2,1-4H3,(H,34,37). The lowest BCUT2D eigenvalue weighted by molar-refractivity contribution is -0.120. The number of amides is 1. The molecule has 2 N–H and O–H groups in total. The first-order valence-corrected chi connectivity index (χ1v) is 13.0. The number of ether oxygens (including phenoxy) is 1. The molecule has 0 fully saturated rings. The molecule has 0 saturated carbocycles. The van der Waals surface area contributed by atoms with Crippen LogP contribution >= 0.6 is 0 Å². The lowest BCUT2D eigenvalue weighted by Gasteiger charge is -2.44. The van der Waals surface area contributed by atoms with E-state index < -0.39 is 17.6 Å². The summed E-state index contributed by atoms with van der Waals surface area (Å²) in [6, 6.07) is 13.2. The number of nitrogens with one attached hydrogen (secondary N) is 2. The molecule has 0 saturated heterocycles. The number of ketones is 2. The van der Waals surface area contributed by atoms with Crippen LogP contribution in [0.15, 0.2) is 71.1 Å². The van der Waals surface area contributed by atoms with Crippen LogP contribution < -0.4 is 15.4 Å². The number of para-hydroxylation sites is 2. The lowest BCUT2D eigenvalue weighted by Crippen LogP contribution is -2.42. The SMILES string of the molecule is CC1(C)CC(=O)C2=C(C1)NC1=C(C(=O)CC(C)(C)C1)C2c1ccccc1OCC(=O)Nc1ccccc1F. The first-order valence-electron chi connectivity index (χ1n) is 13.0. The van der Waals surface area contributed by atoms with Crippen LogP contribution in [-0.2, 0) is 14.4 Å². The number of carbonyl (C=O) groups is 3. The number of dihydropyridines is 1. The monoisotopic (exact) mass is 516 g/mol. The summed E-state index contributed by atoms with van der Waals surface area (Å²) >= 11 is 0. The molecule has 2 aromatic rings. The predicted molar refractivity (Wildman–Crippen MR) is 143 cm³/mol. The highest BCUT2D eigenvalue weighted by atomic mass is 19.1. The van der Waals surface area contributed by atoms with Crippen molar-refractivity contribution in [1.29, 1.82) is 0 Å². The Morgan fingerprint density at radius 3 is 2.05 bits per heavy atom. The van der Waals surface area contributed by atoms with Gasteiger partial charge in [-0.1, -0.05) is 58.0 Å². The van der Waals surface area contributed by atoms with E-state index in [1.165, 1.54) is 12.1 Å². The number of Topliss-reactive ketones (excluding diaryl/α,β-unsaturated/α-hetero) is 2. The second-order valence-electron chi connectivity index (χ2n) is 12.1. The number of carbonyl (C=O) groups excluding carboxylic acids is 3. The smallest absolute Gasteiger partial charge is 0.262 e. The van der Waals surface area contributed by atoms with E-state index in [9.17, 15) is 18.8 Å². The van der Waals surface area contributed by atoms with Gasteiger partial charge in [0, 0.05) is 46.9 Å². The van der Waals surface area contributed by atoms with Crippen LogP contribution in [0.25, 0.3) is 0 Å². The molecule has 0 radical (unpaired) electrons. The Morgan fingerprint density at radius 2 is 1.45 bits per heavy atom. The molecule has 0 unspecified atom stereocenters. The van der Waals surface area contributed by atoms with E-state index in [1.807, 2.05) is 12.1 Å². The highest BCUT2D eigenvalue weighted by molar-refractivity contribution is 6.07. The number of rotatable bonds is 5. The Morgan fingerprint density at radius 1 is 0.895 bits per heavy atom. The Hall–Kier alpha value is -3.74. The predicted octanol–water partition coefficient (Wildman–Crippen LogP) is 5.82. The minimum Gasteiger partial charge on any atom is -0.483 e. The Balaban J connectivity index is 1.51. The van der Waals surface area contributed by atoms with Crippen LogP contribution in [0.1, 0.15) is 64.9 Å². The van der Waals surface area contributed by atoms with Gasteiger partial charge < -0.3 is 15.4 Å². The number of hydrogen-bond donors (Lipinski definition) is 2. The molecule has 0 spiro atoms. The number of anilines is 1. The van der Waals surface area contributed by atoms with Crippen molar-refractivity contribution in [2.45, 2.75) is 59.3 Å². The third-order valence-corrected chi connectivity index (χ3v) is 7.46. The fourth-order valence-corrected chi connectivity index (χ4v) is 5.94. The molecule has 0 bridgehead atoms. The first kappa shape index (κ1) is 25.9. The van der Waals surface area contributed by atoms with Gasteiger partial charge in [0.1, 0.15) is 11.6 Å². The van der Waals surface area contributed by atoms with Crippen molar-refractivity contribution in [3.8, 4) is 5.75 Å². The summed E-state index contributed by atoms with van der Waals surface area (Å²) in [6.45, 7) is 7.97. The summed E-state index contributed by atoms with van der Waals surface area (Å²) in [5.41, 5.74) is 3.32. The molecule has 1 heterocycles. The van der Waals surface area contributed by atoms with Gasteiger partial charge in [-0.2, -0.15) is 0 Å². The highest BCUT2D eigenvalue weighted by Crippen LogP contribution is 2.52. The summed E-state index contributed by atoms with van der Waals surface area (Å²) in [6.07, 6.45) is 2.18. The van der Waals surface area contributed by atoms with Gasteiger partial charge in [-0.3, -0.25) is 14.4 Å². The molecule has 38 heavy (non-hydrogen) atoms. The Labute approximate surface area is 222 Å². The highest BCUT2D eigenvalue weighted by Gasteiger charge is 2.47. The zero-order valence-electron chi connectivity index (χ0n) is 22.2. The van der Waals surface area contributed by atoms with Gasteiger partial charge >= 0.3 is 0 Å². The average Bonchev–Trinajstić information content (AvgIpc) is 2.81. The molecule has 1 aliphatic heterocycles. The van der Waals surface area contributed by atoms with Crippen molar-refractivity contribution in [3.05, 3.63) is 82.5 Å². The zero-order valence-corrected chi connectivity index (χ0v) is 22.2. The summed E-state index contributed by atoms with van der Waals surface area (Å²) in [4.78, 5) is 39.7. The Kier molecular flexibility index (Phi) is 6.49. The number of benzene rings is 2. The van der Waals surface area contributed by atoms with E-state index in [1.54, 1.807) is 24.3 Å². The number of allylic oxidation sites excluding steroid dienone is 4. The third kappa shape index (κ3) is 5.02. The summed E-state index contributed by atoms with van der Waals surface area (Å²) in [5, 5.41) is 6.03. The van der Waals surface area contributed by atoms with Crippen LogP contribution in [0, 0.1) is 16.6 Å². The molecule has 7 heteroatoms. The van der Waals surface area contributed by atoms with Crippen molar-refractivity contribution in [2.75, 3.05) is 11.9 Å². The molecule has 0 aromatic heterocycles. The second kappa shape index (κ2) is 9.53. The van der Waals surface area contributed by atoms with E-state index in [2.05, 4.69) is 38.3 Å². The average molecular weight is 517 g/mol. The van der Waals surface area contributed by atoms with Gasteiger partial charge in [-0.25, -0.2) is 4.39 Å². The van der Waals surface area contributed by atoms with Gasteiger partial charge in [0.05, 0.1) is 5.69 Å². The van der Waals surface area contributed by atoms with Crippen LogP contribution in [-0.4, -0.2) is 24.1 Å². The second-order valence-corrected chi connectivity index (χ2v) is 12.1. The van der Waals surface area contributed by atoms with Crippen LogP contribution in [0.3, 0.4) is 0 Å². The van der Waals surface area contributed by atoms with Crippen LogP contribution in [0.2, 0.25) is 0 Å². The molecule has 2 aromatic carbocycles. The van der Waals surface area contributed by atoms with Crippen molar-refractivity contribution < 1.29 is 23.5 Å². The van der Waals surface area contributed by atoms with Gasteiger partial charge in [0.15, 0.2) is 18.2 Å². The third-order valence-electron chi connectivity index (χ3n) is 7.46. The first-order chi connectivity index (χ1) is 17.9. The molecule has 5 rings (SSSR count). The molecular formula is C31H33FN2O4. The van der Waals surface area contributed by atoms with Crippen molar-refractivity contribution in [2.24, 2.45) is 10.8 Å².